The van der Waals surface area contributed by atoms with E-state index in [4.69, 9.17) is 4.74 Å². The van der Waals surface area contributed by atoms with E-state index in [0.717, 1.165) is 16.7 Å². The number of aromatic nitrogens is 2. The van der Waals surface area contributed by atoms with Gasteiger partial charge in [0.2, 0.25) is 0 Å². The summed E-state index contributed by atoms with van der Waals surface area (Å²) in [6, 6.07) is 16.6. The minimum absolute atomic E-state index is 0.0117. The first-order valence-electron chi connectivity index (χ1n) is 12.4. The smallest absolute Gasteiger partial charge is 0.310 e. The minimum atomic E-state index is -0.354. The van der Waals surface area contributed by atoms with Gasteiger partial charge in [0.25, 0.3) is 11.8 Å². The van der Waals surface area contributed by atoms with Crippen molar-refractivity contribution in [1.82, 2.24) is 15.1 Å². The molecule has 1 N–H and O–H groups in total. The van der Waals surface area contributed by atoms with Crippen molar-refractivity contribution in [3.05, 3.63) is 76.9 Å². The Morgan fingerprint density at radius 2 is 1.78 bits per heavy atom. The van der Waals surface area contributed by atoms with E-state index < -0.39 is 0 Å². The van der Waals surface area contributed by atoms with Crippen LogP contribution in [0.5, 0.6) is 0 Å². The molecule has 1 aliphatic rings. The second-order valence-corrected chi connectivity index (χ2v) is 10.3. The first-order valence-corrected chi connectivity index (χ1v) is 12.4. The second kappa shape index (κ2) is 10.5. The van der Waals surface area contributed by atoms with E-state index in [-0.39, 0.29) is 29.1 Å². The lowest BCUT2D eigenvalue weighted by molar-refractivity contribution is -0.146. The summed E-state index contributed by atoms with van der Waals surface area (Å²) in [4.78, 5) is 39.3. The van der Waals surface area contributed by atoms with Crippen LogP contribution in [-0.4, -0.2) is 46.5 Å². The molecule has 2 amide bonds. The van der Waals surface area contributed by atoms with Crippen molar-refractivity contribution < 1.29 is 19.1 Å². The molecule has 0 aliphatic carbocycles. The van der Waals surface area contributed by atoms with Gasteiger partial charge in [-0.2, -0.15) is 0 Å². The van der Waals surface area contributed by atoms with Gasteiger partial charge in [0, 0.05) is 29.8 Å². The second-order valence-electron chi connectivity index (χ2n) is 10.3. The summed E-state index contributed by atoms with van der Waals surface area (Å²) >= 11 is 0. The number of nitrogens with one attached hydrogen (secondary N) is 1. The average molecular weight is 501 g/mol. The van der Waals surface area contributed by atoms with Gasteiger partial charge >= 0.3 is 5.97 Å². The third-order valence-electron chi connectivity index (χ3n) is 6.67. The molecule has 8 nitrogen and oxygen atoms in total. The number of fused-ring (bicyclic) bond motifs is 1. The van der Waals surface area contributed by atoms with E-state index in [9.17, 15) is 14.4 Å². The predicted molar refractivity (Wildman–Crippen MR) is 141 cm³/mol. The normalized spacial score (nSPS) is 13.8. The van der Waals surface area contributed by atoms with Crippen LogP contribution >= 0.6 is 0 Å². The molecule has 8 heteroatoms. The highest BCUT2D eigenvalue weighted by Crippen LogP contribution is 2.29. The van der Waals surface area contributed by atoms with Crippen LogP contribution in [0.15, 0.2) is 54.6 Å². The quantitative estimate of drug-likeness (QED) is 0.466. The summed E-state index contributed by atoms with van der Waals surface area (Å²) in [5, 5.41) is 11.2. The third-order valence-corrected chi connectivity index (χ3v) is 6.67. The first-order chi connectivity index (χ1) is 17.6. The van der Waals surface area contributed by atoms with Gasteiger partial charge in [-0.15, -0.1) is 10.2 Å². The topological polar surface area (TPSA) is 101 Å². The summed E-state index contributed by atoms with van der Waals surface area (Å²) < 4.78 is 4.86. The number of benzene rings is 2. The maximum Gasteiger partial charge on any atom is 0.310 e. The number of hydrogen-bond acceptors (Lipinski definition) is 6. The van der Waals surface area contributed by atoms with Gasteiger partial charge in [-0.25, -0.2) is 0 Å². The fraction of sp³-hybridized carbons (Fsp3) is 0.345. The number of methoxy groups -OCH3 is 1. The van der Waals surface area contributed by atoms with Crippen LogP contribution in [-0.2, 0) is 21.5 Å². The Kier molecular flexibility index (Phi) is 7.38. The van der Waals surface area contributed by atoms with Crippen LogP contribution in [0.4, 0.5) is 5.82 Å². The first kappa shape index (κ1) is 26.0. The number of hydrogen-bond donors (Lipinski definition) is 1. The Morgan fingerprint density at radius 1 is 1.05 bits per heavy atom. The Bertz CT molecular complexity index is 1310. The molecule has 0 bridgehead atoms. The maximum absolute atomic E-state index is 13.0. The molecule has 1 aliphatic heterocycles. The van der Waals surface area contributed by atoms with Crippen molar-refractivity contribution in [2.75, 3.05) is 19.0 Å². The summed E-state index contributed by atoms with van der Waals surface area (Å²) in [6.07, 6.45) is 0.596. The van der Waals surface area contributed by atoms with E-state index in [0.29, 0.717) is 42.1 Å². The van der Waals surface area contributed by atoms with Gasteiger partial charge in [0.1, 0.15) is 0 Å². The monoisotopic (exact) mass is 500 g/mol. The Labute approximate surface area is 217 Å². The van der Waals surface area contributed by atoms with Gasteiger partial charge in [-0.05, 0) is 53.3 Å². The van der Waals surface area contributed by atoms with Gasteiger partial charge < -0.3 is 15.0 Å². The molecule has 1 atom stereocenters. The van der Waals surface area contributed by atoms with Crippen molar-refractivity contribution in [2.24, 2.45) is 5.92 Å². The van der Waals surface area contributed by atoms with Crippen LogP contribution in [0.25, 0.3) is 11.3 Å². The molecule has 0 radical (unpaired) electrons. The fourth-order valence-corrected chi connectivity index (χ4v) is 4.33. The van der Waals surface area contributed by atoms with Crippen molar-refractivity contribution in [3.8, 4) is 11.3 Å². The molecule has 2 aromatic carbocycles. The van der Waals surface area contributed by atoms with Gasteiger partial charge in [0.05, 0.1) is 18.7 Å². The van der Waals surface area contributed by atoms with Crippen LogP contribution < -0.4 is 5.32 Å². The number of rotatable bonds is 7. The summed E-state index contributed by atoms with van der Waals surface area (Å²) in [7, 11) is 1.36. The van der Waals surface area contributed by atoms with E-state index in [1.807, 2.05) is 31.2 Å². The van der Waals surface area contributed by atoms with Crippen LogP contribution in [0.3, 0.4) is 0 Å². The number of ether oxygens (including phenoxy) is 1. The highest BCUT2D eigenvalue weighted by molar-refractivity contribution is 6.03. The molecular weight excluding hydrogens is 468 g/mol. The summed E-state index contributed by atoms with van der Waals surface area (Å²) in [6.45, 7) is 9.05. The van der Waals surface area contributed by atoms with Crippen LogP contribution in [0, 0.1) is 5.92 Å². The van der Waals surface area contributed by atoms with E-state index in [1.54, 1.807) is 35.2 Å². The number of anilines is 1. The molecule has 0 fully saturated rings. The Hall–Kier alpha value is -4.07. The molecule has 0 unspecified atom stereocenters. The molecular formula is C29H32N4O4. The zero-order valence-electron chi connectivity index (χ0n) is 21.9. The molecule has 2 heterocycles. The minimum Gasteiger partial charge on any atom is -0.469 e. The summed E-state index contributed by atoms with van der Waals surface area (Å²) in [5.41, 5.74) is 4.53. The van der Waals surface area contributed by atoms with Crippen molar-refractivity contribution >= 4 is 23.6 Å². The Morgan fingerprint density at radius 3 is 2.38 bits per heavy atom. The lowest BCUT2D eigenvalue weighted by Gasteiger charge is -2.20. The SMILES string of the molecule is CC[C@@H](CN1Cc2ccc(-c3ccc(NC(=O)c4ccc(C(C)(C)C)cc4)nn3)cc2C1=O)C(=O)OC. The van der Waals surface area contributed by atoms with Crippen molar-refractivity contribution in [1.29, 1.82) is 0 Å². The number of carbonyl (C=O) groups is 3. The molecule has 192 valence electrons. The van der Waals surface area contributed by atoms with Crippen molar-refractivity contribution in [3.63, 3.8) is 0 Å². The number of amides is 2. The van der Waals surface area contributed by atoms with Crippen LogP contribution in [0.1, 0.15) is 66.0 Å². The van der Waals surface area contributed by atoms with E-state index in [2.05, 4.69) is 36.3 Å². The molecule has 0 saturated carbocycles. The zero-order chi connectivity index (χ0) is 26.7. The van der Waals surface area contributed by atoms with Crippen LogP contribution in [0.2, 0.25) is 0 Å². The maximum atomic E-state index is 13.0. The number of esters is 1. The summed E-state index contributed by atoms with van der Waals surface area (Å²) in [5.74, 6) is -0.703. The molecule has 3 aromatic rings. The number of nitrogens with zero attached hydrogens (tertiary/aromatic N) is 3. The predicted octanol–water partition coefficient (Wildman–Crippen LogP) is 4.85. The molecule has 0 spiro atoms. The third kappa shape index (κ3) is 5.69. The highest BCUT2D eigenvalue weighted by Gasteiger charge is 2.31. The average Bonchev–Trinajstić information content (AvgIpc) is 3.21. The van der Waals surface area contributed by atoms with E-state index in [1.165, 1.54) is 7.11 Å². The zero-order valence-corrected chi connectivity index (χ0v) is 21.9. The Balaban J connectivity index is 1.44. The molecule has 4 rings (SSSR count). The van der Waals surface area contributed by atoms with Gasteiger partial charge in [0.15, 0.2) is 5.82 Å². The van der Waals surface area contributed by atoms with Gasteiger partial charge in [-0.3, -0.25) is 14.4 Å². The lowest BCUT2D eigenvalue weighted by atomic mass is 9.87. The van der Waals surface area contributed by atoms with Gasteiger partial charge in [-0.1, -0.05) is 52.0 Å². The number of carbonyl (C=O) groups excluding carboxylic acids is 3. The van der Waals surface area contributed by atoms with Crippen molar-refractivity contribution in [2.45, 2.75) is 46.1 Å². The molecule has 37 heavy (non-hydrogen) atoms. The standard InChI is InChI=1S/C29H32N4O4/c1-6-18(28(36)37-5)16-33-17-21-8-7-20(15-23(21)27(33)35)24-13-14-25(32-31-24)30-26(34)19-9-11-22(12-10-19)29(2,3)4/h7-15,18H,6,16-17H2,1-5H3,(H,30,32,34)/t18-/m0/s1. The molecule has 0 saturated heterocycles. The fourth-order valence-electron chi connectivity index (χ4n) is 4.33. The molecule has 1 aromatic heterocycles. The highest BCUT2D eigenvalue weighted by atomic mass is 16.5. The van der Waals surface area contributed by atoms with E-state index >= 15 is 0 Å². The lowest BCUT2D eigenvalue weighted by Crippen LogP contribution is -2.33. The largest absolute Gasteiger partial charge is 0.469 e.